The van der Waals surface area contributed by atoms with Crippen LogP contribution in [0.2, 0.25) is 0 Å². The summed E-state index contributed by atoms with van der Waals surface area (Å²) in [6, 6.07) is 37.2. The van der Waals surface area contributed by atoms with E-state index >= 15 is 0 Å². The molecule has 0 aliphatic heterocycles. The Morgan fingerprint density at radius 2 is 0.383 bits per heavy atom. The summed E-state index contributed by atoms with van der Waals surface area (Å²) in [6.45, 7) is 37.9. The van der Waals surface area contributed by atoms with Crippen LogP contribution < -0.4 is 0 Å². The van der Waals surface area contributed by atoms with E-state index < -0.39 is 0 Å². The Bertz CT molecular complexity index is 790. The van der Waals surface area contributed by atoms with Gasteiger partial charge in [-0.15, -0.1) is 0 Å². The smallest absolute Gasteiger partial charge is 0.0184 e. The van der Waals surface area contributed by atoms with Crippen molar-refractivity contribution in [3.05, 3.63) is 120 Å². The first-order valence-electron chi connectivity index (χ1n) is 19.1. The molecule has 0 aromatic heterocycles. The van der Waals surface area contributed by atoms with Gasteiger partial charge in [-0.05, 0) is 24.6 Å². The minimum atomic E-state index is 1.25. The van der Waals surface area contributed by atoms with Gasteiger partial charge in [0.05, 0.1) is 0 Å². The lowest BCUT2D eigenvalue weighted by Crippen LogP contribution is -1.70. The van der Waals surface area contributed by atoms with Gasteiger partial charge in [0.15, 0.2) is 0 Å². The molecule has 0 amide bonds. The largest absolute Gasteiger partial charge is 0.0683 e. The highest BCUT2D eigenvalue weighted by molar-refractivity contribution is 5.82. The fourth-order valence-electron chi connectivity index (χ4n) is 2.15. The first kappa shape index (κ1) is 59.6. The highest BCUT2D eigenvalue weighted by Crippen LogP contribution is 2.11. The van der Waals surface area contributed by atoms with E-state index in [0.29, 0.717) is 0 Å². The van der Waals surface area contributed by atoms with E-state index in [-0.39, 0.29) is 0 Å². The molecule has 0 aliphatic rings. The van der Waals surface area contributed by atoms with Gasteiger partial charge < -0.3 is 0 Å². The lowest BCUT2D eigenvalue weighted by molar-refractivity contribution is 1.09. The Hall–Kier alpha value is -2.86. The SMILES string of the molecule is CC.CCC.CCC.CCC.CCC.CCC.CCC.CCC.Cc1ccc(C)cc1.c1ccc2ccccc2c1.c1ccccc1. The molecule has 0 saturated heterocycles. The van der Waals surface area contributed by atoms with Crippen molar-refractivity contribution < 1.29 is 0 Å². The van der Waals surface area contributed by atoms with E-state index in [2.05, 4.69) is 184 Å². The zero-order valence-electron chi connectivity index (χ0n) is 35.3. The molecule has 4 aromatic carbocycles. The average Bonchev–Trinajstić information content (AvgIpc) is 3.08. The Morgan fingerprint density at radius 1 is 0.255 bits per heavy atom. The maximum absolute atomic E-state index is 2.12. The van der Waals surface area contributed by atoms with Gasteiger partial charge in [-0.2, -0.15) is 0 Å². The molecule has 0 spiro atoms. The molecule has 0 saturated carbocycles. The van der Waals surface area contributed by atoms with Crippen molar-refractivity contribution in [1.82, 2.24) is 0 Å². The van der Waals surface area contributed by atoms with Crippen LogP contribution in [0.25, 0.3) is 10.8 Å². The molecule has 4 rings (SSSR count). The molecule has 0 aliphatic carbocycles. The number of aryl methyl sites for hydroxylation is 2. The van der Waals surface area contributed by atoms with Gasteiger partial charge in [0.25, 0.3) is 0 Å². The van der Waals surface area contributed by atoms with Gasteiger partial charge in [0.1, 0.15) is 0 Å². The Labute approximate surface area is 299 Å². The zero-order valence-corrected chi connectivity index (χ0v) is 35.3. The summed E-state index contributed by atoms with van der Waals surface area (Å²) in [7, 11) is 0. The highest BCUT2D eigenvalue weighted by atomic mass is 13.9. The molecule has 0 fully saturated rings. The van der Waals surface area contributed by atoms with Crippen LogP contribution in [0, 0.1) is 13.8 Å². The zero-order chi connectivity index (χ0) is 38.0. The standard InChI is InChI=1S/C10H8.C8H10.C6H6.7C3H8.C2H6/c1-2-6-10-8-4-3-7-9(10)5-1;1-7-3-5-8(2)6-4-7;1-2-4-6-5-3-1;7*1-3-2;1-2/h1-8H;3-6H,1-2H3;1-6H;7*3H2,1-2H3;1-2H3. The molecule has 0 unspecified atom stereocenters. The van der Waals surface area contributed by atoms with Gasteiger partial charge in [-0.1, -0.05) is 276 Å². The van der Waals surface area contributed by atoms with E-state index in [4.69, 9.17) is 0 Å². The van der Waals surface area contributed by atoms with Gasteiger partial charge in [0.2, 0.25) is 0 Å². The van der Waals surface area contributed by atoms with E-state index in [1.165, 1.54) is 66.8 Å². The molecule has 0 radical (unpaired) electrons. The summed E-state index contributed by atoms with van der Waals surface area (Å²) >= 11 is 0. The molecule has 0 heteroatoms. The third kappa shape index (κ3) is 75.3. The summed E-state index contributed by atoms with van der Waals surface area (Å²) in [4.78, 5) is 0. The normalized spacial score (nSPS) is 7.53. The molecular weight excluding hydrogens is 565 g/mol. The average molecular weight is 651 g/mol. The third-order valence-electron chi connectivity index (χ3n) is 3.54. The summed E-state index contributed by atoms with van der Waals surface area (Å²) in [5.74, 6) is 0. The Kier molecular flexibility index (Phi) is 83.3. The second-order valence-electron chi connectivity index (χ2n) is 10.6. The van der Waals surface area contributed by atoms with Gasteiger partial charge in [-0.25, -0.2) is 0 Å². The van der Waals surface area contributed by atoms with Crippen LogP contribution in [0.5, 0.6) is 0 Å². The number of hydrogen-bond acceptors (Lipinski definition) is 0. The van der Waals surface area contributed by atoms with Crippen LogP contribution in [-0.4, -0.2) is 0 Å². The quantitative estimate of drug-likeness (QED) is 0.178. The van der Waals surface area contributed by atoms with Crippen molar-refractivity contribution in [2.24, 2.45) is 0 Å². The van der Waals surface area contributed by atoms with Gasteiger partial charge in [0, 0.05) is 0 Å². The maximum atomic E-state index is 2.12. The van der Waals surface area contributed by atoms with Crippen LogP contribution in [0.1, 0.15) is 167 Å². The Morgan fingerprint density at radius 3 is 0.511 bits per heavy atom. The molecule has 4 aromatic rings. The molecule has 0 heterocycles. The van der Waals surface area contributed by atoms with Crippen molar-refractivity contribution in [2.45, 2.75) is 170 Å². The molecular formula is C47H86. The molecule has 0 nitrogen and oxygen atoms in total. The van der Waals surface area contributed by atoms with Crippen molar-refractivity contribution in [1.29, 1.82) is 0 Å². The number of rotatable bonds is 0. The lowest BCUT2D eigenvalue weighted by atomic mass is 10.1. The maximum Gasteiger partial charge on any atom is -0.0184 e. The predicted molar refractivity (Wildman–Crippen MR) is 229 cm³/mol. The summed E-state index contributed by atoms with van der Waals surface area (Å²) in [5.41, 5.74) is 2.66. The monoisotopic (exact) mass is 651 g/mol. The van der Waals surface area contributed by atoms with E-state index in [9.17, 15) is 0 Å². The minimum Gasteiger partial charge on any atom is -0.0683 e. The first-order chi connectivity index (χ1) is 22.7. The van der Waals surface area contributed by atoms with Gasteiger partial charge >= 0.3 is 0 Å². The highest BCUT2D eigenvalue weighted by Gasteiger charge is 1.85. The van der Waals surface area contributed by atoms with Crippen LogP contribution in [0.15, 0.2) is 109 Å². The molecule has 274 valence electrons. The van der Waals surface area contributed by atoms with Crippen molar-refractivity contribution in [2.75, 3.05) is 0 Å². The minimum absolute atomic E-state index is 1.25. The van der Waals surface area contributed by atoms with Crippen molar-refractivity contribution >= 4 is 10.8 Å². The fourth-order valence-corrected chi connectivity index (χ4v) is 2.15. The molecule has 0 atom stereocenters. The summed E-state index contributed by atoms with van der Waals surface area (Å²) < 4.78 is 0. The number of fused-ring (bicyclic) bond motifs is 1. The number of benzene rings is 4. The summed E-state index contributed by atoms with van der Waals surface area (Å²) in [6.07, 6.45) is 8.75. The number of hydrogen-bond donors (Lipinski definition) is 0. The second-order valence-corrected chi connectivity index (χ2v) is 10.6. The lowest BCUT2D eigenvalue weighted by Gasteiger charge is -1.92. The fraction of sp³-hybridized carbons (Fsp3) is 0.532. The van der Waals surface area contributed by atoms with E-state index in [1.807, 2.05) is 50.2 Å². The van der Waals surface area contributed by atoms with Crippen LogP contribution in [-0.2, 0) is 0 Å². The van der Waals surface area contributed by atoms with Crippen molar-refractivity contribution in [3.8, 4) is 0 Å². The van der Waals surface area contributed by atoms with Crippen molar-refractivity contribution in [3.63, 3.8) is 0 Å². The van der Waals surface area contributed by atoms with E-state index in [1.54, 1.807) is 0 Å². The van der Waals surface area contributed by atoms with Crippen LogP contribution in [0.3, 0.4) is 0 Å². The van der Waals surface area contributed by atoms with Crippen LogP contribution >= 0.6 is 0 Å². The molecule has 0 bridgehead atoms. The third-order valence-corrected chi connectivity index (χ3v) is 3.54. The first-order valence-corrected chi connectivity index (χ1v) is 19.1. The Balaban J connectivity index is -0.0000000791. The topological polar surface area (TPSA) is 0 Å². The molecule has 47 heavy (non-hydrogen) atoms. The second kappa shape index (κ2) is 65.7. The summed E-state index contributed by atoms with van der Waals surface area (Å²) in [5, 5.41) is 2.62. The van der Waals surface area contributed by atoms with Crippen LogP contribution in [0.4, 0.5) is 0 Å². The van der Waals surface area contributed by atoms with Gasteiger partial charge in [-0.3, -0.25) is 0 Å². The van der Waals surface area contributed by atoms with E-state index in [0.717, 1.165) is 0 Å². The molecule has 0 N–H and O–H groups in total. The predicted octanol–water partition coefficient (Wildman–Crippen LogP) is 17.8.